The van der Waals surface area contributed by atoms with E-state index >= 15 is 0 Å². The van der Waals surface area contributed by atoms with Crippen molar-refractivity contribution in [2.75, 3.05) is 19.6 Å². The molecule has 0 bridgehead atoms. The Kier molecular flexibility index (Phi) is 3.97. The van der Waals surface area contributed by atoms with Gasteiger partial charge in [0.25, 0.3) is 0 Å². The Labute approximate surface area is 88.1 Å². The highest BCUT2D eigenvalue weighted by molar-refractivity contribution is 5.09. The Bertz CT molecular complexity index is 215. The number of nitrogens with one attached hydrogen (secondary N) is 1. The maximum absolute atomic E-state index is 5.56. The van der Waals surface area contributed by atoms with Gasteiger partial charge in [-0.2, -0.15) is 0 Å². The van der Waals surface area contributed by atoms with Crippen molar-refractivity contribution in [2.24, 2.45) is 0 Å². The second kappa shape index (κ2) is 4.82. The summed E-state index contributed by atoms with van der Waals surface area (Å²) in [6.45, 7) is 9.80. The molecule has 1 fully saturated rings. The minimum absolute atomic E-state index is 0.0978. The van der Waals surface area contributed by atoms with E-state index in [0.717, 1.165) is 19.6 Å². The Morgan fingerprint density at radius 1 is 1.57 bits per heavy atom. The van der Waals surface area contributed by atoms with Crippen molar-refractivity contribution in [2.45, 2.75) is 45.2 Å². The highest BCUT2D eigenvalue weighted by Gasteiger charge is 2.27. The molecule has 1 N–H and O–H groups in total. The molecule has 14 heavy (non-hydrogen) atoms. The molecule has 0 aromatic carbocycles. The standard InChI is InChI=1S/C12H22N2/c1-5-11-10-14(9-7-8-13-11)12(3,4)6-2/h2,11,13H,5,7-10H2,1,3-4H3. The van der Waals surface area contributed by atoms with Gasteiger partial charge in [-0.25, -0.2) is 0 Å². The molecule has 0 aromatic rings. The van der Waals surface area contributed by atoms with Gasteiger partial charge in [-0.1, -0.05) is 12.8 Å². The monoisotopic (exact) mass is 194 g/mol. The van der Waals surface area contributed by atoms with E-state index in [1.807, 2.05) is 0 Å². The third kappa shape index (κ3) is 2.73. The molecule has 0 amide bonds. The average Bonchev–Trinajstić information content (AvgIpc) is 2.43. The minimum atomic E-state index is -0.0978. The van der Waals surface area contributed by atoms with Gasteiger partial charge in [0.15, 0.2) is 0 Å². The number of hydrogen-bond acceptors (Lipinski definition) is 2. The summed E-state index contributed by atoms with van der Waals surface area (Å²) < 4.78 is 0. The molecule has 1 rings (SSSR count). The summed E-state index contributed by atoms with van der Waals surface area (Å²) >= 11 is 0. The van der Waals surface area contributed by atoms with Crippen LogP contribution >= 0.6 is 0 Å². The fraction of sp³-hybridized carbons (Fsp3) is 0.833. The van der Waals surface area contributed by atoms with Gasteiger partial charge in [0.1, 0.15) is 0 Å². The van der Waals surface area contributed by atoms with Gasteiger partial charge < -0.3 is 5.32 Å². The zero-order valence-corrected chi connectivity index (χ0v) is 9.64. The molecule has 0 radical (unpaired) electrons. The predicted octanol–water partition coefficient (Wildman–Crippen LogP) is 1.47. The molecule has 0 spiro atoms. The summed E-state index contributed by atoms with van der Waals surface area (Å²) in [4.78, 5) is 2.42. The molecular formula is C12H22N2. The number of hydrogen-bond donors (Lipinski definition) is 1. The lowest BCUT2D eigenvalue weighted by atomic mass is 10.0. The lowest BCUT2D eigenvalue weighted by molar-refractivity contribution is 0.166. The minimum Gasteiger partial charge on any atom is -0.313 e. The molecule has 1 aliphatic heterocycles. The number of rotatable bonds is 2. The quantitative estimate of drug-likeness (QED) is 0.670. The van der Waals surface area contributed by atoms with E-state index in [4.69, 9.17) is 6.42 Å². The predicted molar refractivity (Wildman–Crippen MR) is 61.2 cm³/mol. The van der Waals surface area contributed by atoms with E-state index in [1.165, 1.54) is 12.8 Å². The number of nitrogens with zero attached hydrogens (tertiary/aromatic N) is 1. The third-order valence-electron chi connectivity index (χ3n) is 3.12. The van der Waals surface area contributed by atoms with Crippen molar-refractivity contribution >= 4 is 0 Å². The maximum atomic E-state index is 5.56. The van der Waals surface area contributed by atoms with E-state index in [2.05, 4.69) is 36.9 Å². The van der Waals surface area contributed by atoms with Crippen LogP contribution in [0.1, 0.15) is 33.6 Å². The zero-order chi connectivity index (χ0) is 10.6. The largest absolute Gasteiger partial charge is 0.313 e. The van der Waals surface area contributed by atoms with Crippen molar-refractivity contribution in [3.05, 3.63) is 0 Å². The SMILES string of the molecule is C#CC(C)(C)N1CCCNC(CC)C1. The summed E-state index contributed by atoms with van der Waals surface area (Å²) in [7, 11) is 0. The molecule has 0 saturated carbocycles. The van der Waals surface area contributed by atoms with Gasteiger partial charge in [-0.05, 0) is 33.2 Å². The Balaban J connectivity index is 2.64. The van der Waals surface area contributed by atoms with Crippen LogP contribution in [-0.2, 0) is 0 Å². The smallest absolute Gasteiger partial charge is 0.0766 e. The maximum Gasteiger partial charge on any atom is 0.0766 e. The first-order valence-corrected chi connectivity index (χ1v) is 5.56. The molecule has 0 aromatic heterocycles. The molecule has 2 heteroatoms. The van der Waals surface area contributed by atoms with Crippen LogP contribution in [0.2, 0.25) is 0 Å². The van der Waals surface area contributed by atoms with Crippen molar-refractivity contribution in [1.82, 2.24) is 10.2 Å². The van der Waals surface area contributed by atoms with E-state index in [0.29, 0.717) is 6.04 Å². The molecular weight excluding hydrogens is 172 g/mol. The third-order valence-corrected chi connectivity index (χ3v) is 3.12. The highest BCUT2D eigenvalue weighted by Crippen LogP contribution is 2.16. The van der Waals surface area contributed by atoms with Crippen LogP contribution in [0.5, 0.6) is 0 Å². The summed E-state index contributed by atoms with van der Waals surface area (Å²) in [6.07, 6.45) is 7.94. The molecule has 1 atom stereocenters. The van der Waals surface area contributed by atoms with Crippen molar-refractivity contribution < 1.29 is 0 Å². The van der Waals surface area contributed by atoms with Crippen LogP contribution in [0.15, 0.2) is 0 Å². The average molecular weight is 194 g/mol. The summed E-state index contributed by atoms with van der Waals surface area (Å²) in [6, 6.07) is 0.602. The second-order valence-electron chi connectivity index (χ2n) is 4.56. The Hall–Kier alpha value is -0.520. The van der Waals surface area contributed by atoms with Crippen LogP contribution in [-0.4, -0.2) is 36.1 Å². The van der Waals surface area contributed by atoms with Crippen molar-refractivity contribution in [3.8, 4) is 12.3 Å². The van der Waals surface area contributed by atoms with Gasteiger partial charge in [0, 0.05) is 19.1 Å². The summed E-state index contributed by atoms with van der Waals surface area (Å²) in [5, 5.41) is 3.55. The lowest BCUT2D eigenvalue weighted by Gasteiger charge is -2.35. The molecule has 1 aliphatic rings. The van der Waals surface area contributed by atoms with Gasteiger partial charge in [0.05, 0.1) is 5.54 Å². The zero-order valence-electron chi connectivity index (χ0n) is 9.64. The van der Waals surface area contributed by atoms with E-state index in [9.17, 15) is 0 Å². The van der Waals surface area contributed by atoms with Gasteiger partial charge in [0.2, 0.25) is 0 Å². The van der Waals surface area contributed by atoms with Crippen LogP contribution in [0.4, 0.5) is 0 Å². The van der Waals surface area contributed by atoms with Crippen molar-refractivity contribution in [1.29, 1.82) is 0 Å². The fourth-order valence-corrected chi connectivity index (χ4v) is 1.87. The van der Waals surface area contributed by atoms with Crippen molar-refractivity contribution in [3.63, 3.8) is 0 Å². The first-order chi connectivity index (χ1) is 6.60. The molecule has 1 unspecified atom stereocenters. The molecule has 0 aliphatic carbocycles. The molecule has 1 saturated heterocycles. The fourth-order valence-electron chi connectivity index (χ4n) is 1.87. The first kappa shape index (κ1) is 11.6. The van der Waals surface area contributed by atoms with Crippen LogP contribution in [0, 0.1) is 12.3 Å². The van der Waals surface area contributed by atoms with Crippen LogP contribution in [0.3, 0.4) is 0 Å². The second-order valence-corrected chi connectivity index (χ2v) is 4.56. The molecule has 1 heterocycles. The van der Waals surface area contributed by atoms with Crippen LogP contribution in [0.25, 0.3) is 0 Å². The van der Waals surface area contributed by atoms with E-state index in [-0.39, 0.29) is 5.54 Å². The van der Waals surface area contributed by atoms with E-state index in [1.54, 1.807) is 0 Å². The van der Waals surface area contributed by atoms with Crippen LogP contribution < -0.4 is 5.32 Å². The normalized spacial score (nSPS) is 25.4. The molecule has 2 nitrogen and oxygen atoms in total. The summed E-state index contributed by atoms with van der Waals surface area (Å²) in [5.74, 6) is 2.88. The van der Waals surface area contributed by atoms with Gasteiger partial charge >= 0.3 is 0 Å². The number of terminal acetylenes is 1. The lowest BCUT2D eigenvalue weighted by Crippen LogP contribution is -2.47. The van der Waals surface area contributed by atoms with Gasteiger partial charge in [-0.3, -0.25) is 4.90 Å². The first-order valence-electron chi connectivity index (χ1n) is 5.56. The Morgan fingerprint density at radius 3 is 2.86 bits per heavy atom. The Morgan fingerprint density at radius 2 is 2.29 bits per heavy atom. The topological polar surface area (TPSA) is 15.3 Å². The van der Waals surface area contributed by atoms with E-state index < -0.39 is 0 Å². The highest BCUT2D eigenvalue weighted by atomic mass is 15.2. The summed E-state index contributed by atoms with van der Waals surface area (Å²) in [5.41, 5.74) is -0.0978. The van der Waals surface area contributed by atoms with Gasteiger partial charge in [-0.15, -0.1) is 6.42 Å². The molecule has 80 valence electrons.